The lowest BCUT2D eigenvalue weighted by molar-refractivity contribution is -0.258. The minimum absolute atomic E-state index is 0. The number of fused-ring (bicyclic) bond motifs is 4. The van der Waals surface area contributed by atoms with E-state index >= 15 is 0 Å². The molecule has 0 aromatic carbocycles. The Bertz CT molecular complexity index is 807. The predicted octanol–water partition coefficient (Wildman–Crippen LogP) is 2.36. The number of carbonyl (C=O) groups is 1. The predicted molar refractivity (Wildman–Crippen MR) is 125 cm³/mol. The largest absolute Gasteiger partial charge is 0.396 e. The van der Waals surface area contributed by atoms with Gasteiger partial charge in [0.25, 0.3) is 0 Å². The Morgan fingerprint density at radius 1 is 0.857 bits per heavy atom. The Balaban J connectivity index is 0.000000185. The number of ether oxygens (including phenoxy) is 8. The summed E-state index contributed by atoms with van der Waals surface area (Å²) in [6, 6.07) is 0. The summed E-state index contributed by atoms with van der Waals surface area (Å²) >= 11 is 6.08. The molecule has 11 heteroatoms. The molecule has 2 aliphatic carbocycles. The summed E-state index contributed by atoms with van der Waals surface area (Å²) in [6.07, 6.45) is -0.807. The van der Waals surface area contributed by atoms with Crippen molar-refractivity contribution in [3.8, 4) is 0 Å². The lowest BCUT2D eigenvalue weighted by Gasteiger charge is -2.44. The zero-order valence-corrected chi connectivity index (χ0v) is 20.5. The number of halogens is 1. The molecule has 3 unspecified atom stereocenters. The van der Waals surface area contributed by atoms with Crippen LogP contribution in [-0.2, 0) is 42.7 Å². The van der Waals surface area contributed by atoms with E-state index in [2.05, 4.69) is 0 Å². The van der Waals surface area contributed by atoms with E-state index in [1.54, 1.807) is 14.2 Å². The maximum Gasteiger partial charge on any atom is 0.187 e. The highest BCUT2D eigenvalue weighted by Gasteiger charge is 2.74. The van der Waals surface area contributed by atoms with E-state index in [4.69, 9.17) is 49.5 Å². The first-order valence-electron chi connectivity index (χ1n) is 11.3. The molecule has 6 aliphatic rings. The van der Waals surface area contributed by atoms with Gasteiger partial charge in [0.15, 0.2) is 29.9 Å². The highest BCUT2D eigenvalue weighted by Crippen LogP contribution is 2.59. The molecular formula is C24H41ClO10. The summed E-state index contributed by atoms with van der Waals surface area (Å²) in [6.45, 7) is 7.57. The number of methoxy groups -OCH3 is 2. The highest BCUT2D eigenvalue weighted by atomic mass is 35.5. The van der Waals surface area contributed by atoms with Crippen LogP contribution in [0.2, 0.25) is 0 Å². The maximum atomic E-state index is 11.4. The molecule has 35 heavy (non-hydrogen) atoms. The average molecular weight is 525 g/mol. The van der Waals surface area contributed by atoms with Crippen molar-refractivity contribution in [3.05, 3.63) is 0 Å². The highest BCUT2D eigenvalue weighted by molar-refractivity contribution is 6.35. The minimum Gasteiger partial charge on any atom is -0.396 e. The van der Waals surface area contributed by atoms with E-state index in [9.17, 15) is 9.90 Å². The average Bonchev–Trinajstić information content (AvgIpc) is 2.92. The molecule has 2 saturated carbocycles. The van der Waals surface area contributed by atoms with Gasteiger partial charge in [0, 0.05) is 33.2 Å². The van der Waals surface area contributed by atoms with Crippen molar-refractivity contribution in [2.45, 2.75) is 121 Å². The van der Waals surface area contributed by atoms with Gasteiger partial charge in [-0.25, -0.2) is 0 Å². The fourth-order valence-electron chi connectivity index (χ4n) is 5.77. The molecule has 2 spiro atoms. The van der Waals surface area contributed by atoms with Crippen molar-refractivity contribution in [3.63, 3.8) is 0 Å². The minimum atomic E-state index is -0.780. The second-order valence-electron chi connectivity index (χ2n) is 10.5. The third kappa shape index (κ3) is 4.37. The molecule has 4 saturated heterocycles. The first-order chi connectivity index (χ1) is 15.4. The first-order valence-corrected chi connectivity index (χ1v) is 11.8. The molecule has 1 N–H and O–H groups in total. The van der Waals surface area contributed by atoms with Crippen molar-refractivity contribution < 1.29 is 47.8 Å². The standard InChI is InChI=1S/C11H15ClO5.C11H18O5.2CH4/c1-10(2)15-6-8(16-10)11(17-9(6)14-3)4-5(13)7(11)12;1-10(2)14-7-8(15-10)11(4-6(11)5-12)16-9(7)13-3;;/h6-9H,4H2,1-3H3;6-9,12H,4-5H2,1-3H3;2*1H4/t6?,7?,8-,9-,11-;6-,7?,8+,9+,11+;;/m10../s1. The SMILES string of the molecule is C.C.CO[C@@H]1O[C@@]2(CC(=O)C2Cl)[C@@H]2OC(C)(C)OC12.CO[C@@H]1O[C@@]2(C[C@H]2CO)[C@@H]2OC(C)(C)OC12. The topological polar surface area (TPSA) is 111 Å². The molecule has 0 bridgehead atoms. The van der Waals surface area contributed by atoms with Crippen molar-refractivity contribution in [1.29, 1.82) is 0 Å². The van der Waals surface area contributed by atoms with Crippen molar-refractivity contribution in [1.82, 2.24) is 0 Å². The van der Waals surface area contributed by atoms with Crippen LogP contribution in [0.3, 0.4) is 0 Å². The normalized spacial score (nSPS) is 49.4. The van der Waals surface area contributed by atoms with Crippen LogP contribution in [0.4, 0.5) is 0 Å². The molecule has 0 radical (unpaired) electrons. The molecule has 0 aromatic heterocycles. The van der Waals surface area contributed by atoms with E-state index in [1.807, 2.05) is 27.7 Å². The number of aliphatic hydroxyl groups excluding tert-OH is 1. The van der Waals surface area contributed by atoms with Crippen LogP contribution >= 0.6 is 11.6 Å². The number of Topliss-reactive ketones (excluding diaryl/α,β-unsaturated/α-hetero) is 1. The van der Waals surface area contributed by atoms with E-state index in [0.717, 1.165) is 6.42 Å². The van der Waals surface area contributed by atoms with Gasteiger partial charge in [-0.05, 0) is 34.1 Å². The van der Waals surface area contributed by atoms with Crippen LogP contribution < -0.4 is 0 Å². The summed E-state index contributed by atoms with van der Waals surface area (Å²) in [5.74, 6) is -1.16. The molecular weight excluding hydrogens is 484 g/mol. The van der Waals surface area contributed by atoms with E-state index in [-0.39, 0.29) is 75.9 Å². The zero-order chi connectivity index (χ0) is 24.0. The van der Waals surface area contributed by atoms with Gasteiger partial charge in [0.2, 0.25) is 0 Å². The number of carbonyl (C=O) groups excluding carboxylic acids is 1. The van der Waals surface area contributed by atoms with Crippen molar-refractivity contribution in [2.24, 2.45) is 5.92 Å². The van der Waals surface area contributed by atoms with E-state index in [0.29, 0.717) is 0 Å². The second kappa shape index (κ2) is 9.41. The molecule has 6 fully saturated rings. The second-order valence-corrected chi connectivity index (χ2v) is 10.9. The van der Waals surface area contributed by atoms with Crippen molar-refractivity contribution >= 4 is 17.4 Å². The van der Waals surface area contributed by atoms with Gasteiger partial charge in [-0.1, -0.05) is 14.9 Å². The number of hydrogen-bond acceptors (Lipinski definition) is 10. The summed E-state index contributed by atoms with van der Waals surface area (Å²) in [5, 5.41) is 8.55. The Labute approximate surface area is 212 Å². The number of rotatable bonds is 3. The Hall–Kier alpha value is -0.400. The molecule has 0 amide bonds. The number of ketones is 1. The molecule has 204 valence electrons. The Morgan fingerprint density at radius 2 is 1.31 bits per heavy atom. The van der Waals surface area contributed by atoms with Gasteiger partial charge in [0.05, 0.1) is 0 Å². The number of aliphatic hydroxyl groups is 1. The Morgan fingerprint density at radius 3 is 1.69 bits per heavy atom. The molecule has 4 heterocycles. The van der Waals surface area contributed by atoms with Gasteiger partial charge in [-0.3, -0.25) is 4.79 Å². The van der Waals surface area contributed by atoms with Gasteiger partial charge in [-0.15, -0.1) is 11.6 Å². The van der Waals surface area contributed by atoms with Gasteiger partial charge >= 0.3 is 0 Å². The quantitative estimate of drug-likeness (QED) is 0.552. The summed E-state index contributed by atoms with van der Waals surface area (Å²) < 4.78 is 45.3. The lowest BCUT2D eigenvalue weighted by atomic mass is 9.74. The van der Waals surface area contributed by atoms with E-state index < -0.39 is 28.8 Å². The van der Waals surface area contributed by atoms with Crippen LogP contribution in [0.25, 0.3) is 0 Å². The molecule has 10 atom stereocenters. The molecule has 0 aromatic rings. The van der Waals surface area contributed by atoms with Gasteiger partial charge < -0.3 is 43.0 Å². The monoisotopic (exact) mass is 524 g/mol. The number of alkyl halides is 1. The van der Waals surface area contributed by atoms with Crippen LogP contribution in [-0.4, -0.2) is 96.9 Å². The third-order valence-electron chi connectivity index (χ3n) is 7.37. The number of hydrogen-bond donors (Lipinski definition) is 1. The fraction of sp³-hybridized carbons (Fsp3) is 0.958. The van der Waals surface area contributed by atoms with Gasteiger partial charge in [0.1, 0.15) is 41.0 Å². The zero-order valence-electron chi connectivity index (χ0n) is 19.7. The third-order valence-corrected chi connectivity index (χ3v) is 7.99. The summed E-state index contributed by atoms with van der Waals surface area (Å²) in [7, 11) is 3.14. The molecule has 6 rings (SSSR count). The van der Waals surface area contributed by atoms with Crippen LogP contribution in [0.5, 0.6) is 0 Å². The summed E-state index contributed by atoms with van der Waals surface area (Å²) in [5.41, 5.74) is -1.16. The van der Waals surface area contributed by atoms with Gasteiger partial charge in [-0.2, -0.15) is 0 Å². The van der Waals surface area contributed by atoms with Crippen LogP contribution in [0.1, 0.15) is 55.4 Å². The first kappa shape index (κ1) is 29.2. The fourth-order valence-corrected chi connectivity index (χ4v) is 6.10. The van der Waals surface area contributed by atoms with Crippen LogP contribution in [0, 0.1) is 5.92 Å². The maximum absolute atomic E-state index is 11.4. The summed E-state index contributed by atoms with van der Waals surface area (Å²) in [4.78, 5) is 11.4. The van der Waals surface area contributed by atoms with E-state index in [1.165, 1.54) is 0 Å². The van der Waals surface area contributed by atoms with Crippen LogP contribution in [0.15, 0.2) is 0 Å². The van der Waals surface area contributed by atoms with Crippen molar-refractivity contribution in [2.75, 3.05) is 20.8 Å². The molecule has 4 aliphatic heterocycles. The lowest BCUT2D eigenvalue weighted by Crippen LogP contribution is -2.63. The Kier molecular flexibility index (Phi) is 7.84. The molecule has 10 nitrogen and oxygen atoms in total. The smallest absolute Gasteiger partial charge is 0.187 e.